The lowest BCUT2D eigenvalue weighted by molar-refractivity contribution is -0.132. The third kappa shape index (κ3) is 8.13. The number of hydrogen-bond donors (Lipinski definition) is 4. The minimum atomic E-state index is -1.21. The van der Waals surface area contributed by atoms with Crippen LogP contribution in [0.5, 0.6) is 0 Å². The van der Waals surface area contributed by atoms with Crippen molar-refractivity contribution in [1.82, 2.24) is 10.6 Å². The molecule has 126 valence electrons. The summed E-state index contributed by atoms with van der Waals surface area (Å²) < 4.78 is 0. The van der Waals surface area contributed by atoms with Gasteiger partial charge in [-0.2, -0.15) is 0 Å². The van der Waals surface area contributed by atoms with E-state index in [-0.39, 0.29) is 13.1 Å². The number of benzene rings is 1. The molecule has 0 saturated heterocycles. The van der Waals surface area contributed by atoms with E-state index >= 15 is 0 Å². The average Bonchev–Trinajstić information content (AvgIpc) is 2.54. The van der Waals surface area contributed by atoms with E-state index in [1.807, 2.05) is 0 Å². The molecular weight excluding hydrogens is 316 g/mol. The fourth-order valence-corrected chi connectivity index (χ4v) is 1.64. The van der Waals surface area contributed by atoms with E-state index in [1.54, 1.807) is 24.3 Å². The maximum absolute atomic E-state index is 11.4. The van der Waals surface area contributed by atoms with E-state index in [4.69, 9.17) is 10.2 Å². The standard InChI is InChI=1S/C16H16N2O6/c19-13(4-6-15(21)22)17-9-11-2-1-3-12(8-11)10-18-14(20)5-7-16(23)24/h1-8H,9-10H2,(H,17,19)(H,18,20)(H,21,22)(H,23,24)/b6-4-,7-5-. The molecule has 0 spiro atoms. The Bertz CT molecular complexity index is 638. The van der Waals surface area contributed by atoms with E-state index in [1.165, 1.54) is 0 Å². The molecule has 0 heterocycles. The third-order valence-corrected chi connectivity index (χ3v) is 2.68. The summed E-state index contributed by atoms with van der Waals surface area (Å²) in [5.41, 5.74) is 1.53. The van der Waals surface area contributed by atoms with Crippen LogP contribution in [-0.4, -0.2) is 34.0 Å². The van der Waals surface area contributed by atoms with E-state index in [0.29, 0.717) is 0 Å². The van der Waals surface area contributed by atoms with Crippen molar-refractivity contribution in [3.63, 3.8) is 0 Å². The average molecular weight is 332 g/mol. The lowest BCUT2D eigenvalue weighted by Crippen LogP contribution is -2.22. The van der Waals surface area contributed by atoms with Crippen molar-refractivity contribution in [2.75, 3.05) is 0 Å². The molecule has 0 saturated carbocycles. The highest BCUT2D eigenvalue weighted by Crippen LogP contribution is 2.05. The lowest BCUT2D eigenvalue weighted by Gasteiger charge is -2.06. The first-order valence-electron chi connectivity index (χ1n) is 6.82. The van der Waals surface area contributed by atoms with E-state index in [9.17, 15) is 19.2 Å². The van der Waals surface area contributed by atoms with Gasteiger partial charge < -0.3 is 20.8 Å². The van der Waals surface area contributed by atoms with E-state index < -0.39 is 23.8 Å². The van der Waals surface area contributed by atoms with E-state index in [2.05, 4.69) is 10.6 Å². The smallest absolute Gasteiger partial charge is 0.328 e. The van der Waals surface area contributed by atoms with Crippen molar-refractivity contribution in [1.29, 1.82) is 0 Å². The van der Waals surface area contributed by atoms with Crippen LogP contribution < -0.4 is 10.6 Å². The number of carbonyl (C=O) groups is 4. The van der Waals surface area contributed by atoms with Crippen molar-refractivity contribution in [2.45, 2.75) is 13.1 Å². The Morgan fingerprint density at radius 2 is 1.21 bits per heavy atom. The largest absolute Gasteiger partial charge is 0.478 e. The highest BCUT2D eigenvalue weighted by molar-refractivity contribution is 5.94. The first-order chi connectivity index (χ1) is 11.4. The van der Waals surface area contributed by atoms with Gasteiger partial charge in [-0.25, -0.2) is 9.59 Å². The summed E-state index contributed by atoms with van der Waals surface area (Å²) >= 11 is 0. The van der Waals surface area contributed by atoms with Gasteiger partial charge in [0.1, 0.15) is 0 Å². The first-order valence-corrected chi connectivity index (χ1v) is 6.82. The summed E-state index contributed by atoms with van der Waals surface area (Å²) in [6.45, 7) is 0.396. The fraction of sp³-hybridized carbons (Fsp3) is 0.125. The highest BCUT2D eigenvalue weighted by Gasteiger charge is 2.01. The number of rotatable bonds is 8. The second-order valence-corrected chi connectivity index (χ2v) is 4.60. The van der Waals surface area contributed by atoms with Crippen molar-refractivity contribution in [2.24, 2.45) is 0 Å². The zero-order valence-corrected chi connectivity index (χ0v) is 12.6. The van der Waals surface area contributed by atoms with Crippen LogP contribution in [0.2, 0.25) is 0 Å². The molecule has 1 aromatic carbocycles. The van der Waals surface area contributed by atoms with Gasteiger partial charge in [-0.05, 0) is 11.1 Å². The molecule has 0 aliphatic carbocycles. The molecule has 0 aromatic heterocycles. The van der Waals surface area contributed by atoms with Crippen molar-refractivity contribution in [3.8, 4) is 0 Å². The second kappa shape index (κ2) is 9.57. The molecule has 0 aliphatic rings. The number of carbonyl (C=O) groups excluding carboxylic acids is 2. The van der Waals surface area contributed by atoms with Crippen molar-refractivity contribution in [3.05, 3.63) is 59.7 Å². The van der Waals surface area contributed by atoms with Crippen LogP contribution in [0.4, 0.5) is 0 Å². The lowest BCUT2D eigenvalue weighted by atomic mass is 10.1. The molecule has 4 N–H and O–H groups in total. The van der Waals surface area contributed by atoms with Crippen LogP contribution in [0.1, 0.15) is 11.1 Å². The maximum atomic E-state index is 11.4. The predicted octanol–water partition coefficient (Wildman–Crippen LogP) is 0.201. The van der Waals surface area contributed by atoms with Crippen LogP contribution >= 0.6 is 0 Å². The van der Waals surface area contributed by atoms with Gasteiger partial charge >= 0.3 is 11.9 Å². The number of hydrogen-bond acceptors (Lipinski definition) is 4. The molecule has 0 fully saturated rings. The van der Waals surface area contributed by atoms with Crippen LogP contribution in [-0.2, 0) is 32.3 Å². The summed E-state index contributed by atoms with van der Waals surface area (Å²) in [7, 11) is 0. The minimum Gasteiger partial charge on any atom is -0.478 e. The van der Waals surface area contributed by atoms with Crippen LogP contribution in [0, 0.1) is 0 Å². The molecule has 2 amide bonds. The minimum absolute atomic E-state index is 0.198. The first kappa shape index (κ1) is 18.6. The zero-order valence-electron chi connectivity index (χ0n) is 12.6. The number of amides is 2. The van der Waals surface area contributed by atoms with Crippen molar-refractivity contribution < 1.29 is 29.4 Å². The van der Waals surface area contributed by atoms with Crippen molar-refractivity contribution >= 4 is 23.8 Å². The molecule has 8 nitrogen and oxygen atoms in total. The fourth-order valence-electron chi connectivity index (χ4n) is 1.64. The topological polar surface area (TPSA) is 133 Å². The number of aliphatic carboxylic acids is 2. The number of nitrogens with one attached hydrogen (secondary N) is 2. The van der Waals surface area contributed by atoms with Gasteiger partial charge in [0, 0.05) is 37.4 Å². The summed E-state index contributed by atoms with van der Waals surface area (Å²) in [5, 5.41) is 21.9. The zero-order chi connectivity index (χ0) is 17.9. The Labute approximate surface area is 137 Å². The summed E-state index contributed by atoms with van der Waals surface area (Å²) in [6, 6.07) is 7.01. The second-order valence-electron chi connectivity index (χ2n) is 4.60. The molecule has 0 atom stereocenters. The Hall–Kier alpha value is -3.42. The SMILES string of the molecule is O=C(O)/C=C\C(=O)NCc1cccc(CNC(=O)/C=C\C(=O)O)c1. The Morgan fingerprint density at radius 3 is 1.58 bits per heavy atom. The van der Waals surface area contributed by atoms with Crippen LogP contribution in [0.3, 0.4) is 0 Å². The van der Waals surface area contributed by atoms with Gasteiger partial charge in [-0.1, -0.05) is 24.3 Å². The van der Waals surface area contributed by atoms with Gasteiger partial charge in [0.05, 0.1) is 0 Å². The van der Waals surface area contributed by atoms with E-state index in [0.717, 1.165) is 35.4 Å². The number of carboxylic acid groups (broad SMARTS) is 2. The molecule has 1 aromatic rings. The number of carboxylic acids is 2. The Balaban J connectivity index is 2.52. The molecule has 0 radical (unpaired) electrons. The maximum Gasteiger partial charge on any atom is 0.328 e. The molecule has 0 unspecified atom stereocenters. The van der Waals surface area contributed by atoms with Gasteiger partial charge in [-0.3, -0.25) is 9.59 Å². The van der Waals surface area contributed by atoms with Crippen LogP contribution in [0.25, 0.3) is 0 Å². The van der Waals surface area contributed by atoms with Gasteiger partial charge in [0.15, 0.2) is 0 Å². The summed E-state index contributed by atoms with van der Waals surface area (Å²) in [4.78, 5) is 43.3. The quantitative estimate of drug-likeness (QED) is 0.503. The highest BCUT2D eigenvalue weighted by atomic mass is 16.4. The third-order valence-electron chi connectivity index (χ3n) is 2.68. The normalized spacial score (nSPS) is 10.7. The molecule has 0 bridgehead atoms. The Kier molecular flexibility index (Phi) is 7.43. The molecule has 0 aliphatic heterocycles. The summed E-state index contributed by atoms with van der Waals surface area (Å²) in [6.07, 6.45) is 3.32. The molecular formula is C16H16N2O6. The van der Waals surface area contributed by atoms with Gasteiger partial charge in [0.2, 0.25) is 11.8 Å². The monoisotopic (exact) mass is 332 g/mol. The molecule has 24 heavy (non-hydrogen) atoms. The van der Waals surface area contributed by atoms with Gasteiger partial charge in [-0.15, -0.1) is 0 Å². The molecule has 8 heteroatoms. The van der Waals surface area contributed by atoms with Crippen LogP contribution in [0.15, 0.2) is 48.6 Å². The van der Waals surface area contributed by atoms with Gasteiger partial charge in [0.25, 0.3) is 0 Å². The Morgan fingerprint density at radius 1 is 0.792 bits per heavy atom. The molecule has 1 rings (SSSR count). The summed E-state index contributed by atoms with van der Waals surface area (Å²) in [5.74, 6) is -3.48. The predicted molar refractivity (Wildman–Crippen MR) is 83.7 cm³/mol.